The van der Waals surface area contributed by atoms with Gasteiger partial charge in [0.2, 0.25) is 0 Å². The summed E-state index contributed by atoms with van der Waals surface area (Å²) < 4.78 is 0. The van der Waals surface area contributed by atoms with Crippen LogP contribution in [-0.2, 0) is 0 Å². The Hall–Kier alpha value is -1.92. The lowest BCUT2D eigenvalue weighted by molar-refractivity contribution is 0.311. The van der Waals surface area contributed by atoms with E-state index in [9.17, 15) is 0 Å². The van der Waals surface area contributed by atoms with Crippen molar-refractivity contribution in [2.45, 2.75) is 0 Å². The van der Waals surface area contributed by atoms with E-state index in [1.54, 1.807) is 12.1 Å². The Bertz CT molecular complexity index is 511. The summed E-state index contributed by atoms with van der Waals surface area (Å²) in [5.41, 5.74) is 7.72. The molecule has 0 saturated carbocycles. The first-order valence-electron chi connectivity index (χ1n) is 5.28. The summed E-state index contributed by atoms with van der Waals surface area (Å²) >= 11 is 6.17. The number of aliphatic hydroxyl groups excluding tert-OH is 1. The Morgan fingerprint density at radius 1 is 1.28 bits per heavy atom. The third kappa shape index (κ3) is 2.66. The largest absolute Gasteiger partial charge is 0.398 e. The first-order valence-corrected chi connectivity index (χ1v) is 5.66. The highest BCUT2D eigenvalue weighted by atomic mass is 35.5. The van der Waals surface area contributed by atoms with Gasteiger partial charge in [0.05, 0.1) is 17.2 Å². The lowest BCUT2D eigenvalue weighted by Gasteiger charge is -2.10. The minimum atomic E-state index is 0.0345. The highest BCUT2D eigenvalue weighted by Crippen LogP contribution is 2.33. The van der Waals surface area contributed by atoms with Crippen molar-refractivity contribution >= 4 is 23.0 Å². The van der Waals surface area contributed by atoms with Crippen LogP contribution in [-0.4, -0.2) is 33.2 Å². The average Bonchev–Trinajstić information content (AvgIpc) is 2.37. The minimum Gasteiger partial charge on any atom is -0.398 e. The van der Waals surface area contributed by atoms with E-state index in [-0.39, 0.29) is 6.61 Å². The van der Waals surface area contributed by atoms with Gasteiger partial charge in [0.1, 0.15) is 12.7 Å². The molecule has 0 fully saturated rings. The van der Waals surface area contributed by atoms with Gasteiger partial charge in [0, 0.05) is 17.9 Å². The first-order chi connectivity index (χ1) is 8.72. The fraction of sp³-hybridized carbons (Fsp3) is 0.182. The Balaban J connectivity index is 2.38. The van der Waals surface area contributed by atoms with E-state index in [1.807, 2.05) is 0 Å². The Morgan fingerprint density at radius 2 is 2.00 bits per heavy atom. The average molecular weight is 266 g/mol. The van der Waals surface area contributed by atoms with Gasteiger partial charge in [-0.05, 0) is 12.1 Å². The second kappa shape index (κ2) is 5.61. The number of nitrogens with one attached hydrogen (secondary N) is 1. The molecule has 0 saturated heterocycles. The predicted molar refractivity (Wildman–Crippen MR) is 70.3 cm³/mol. The van der Waals surface area contributed by atoms with E-state index >= 15 is 0 Å². The van der Waals surface area contributed by atoms with Gasteiger partial charge in [-0.3, -0.25) is 0 Å². The van der Waals surface area contributed by atoms with Crippen molar-refractivity contribution in [1.82, 2.24) is 15.0 Å². The maximum absolute atomic E-state index is 8.75. The molecular weight excluding hydrogens is 254 g/mol. The third-order valence-corrected chi connectivity index (χ3v) is 2.58. The van der Waals surface area contributed by atoms with E-state index in [4.69, 9.17) is 22.4 Å². The molecule has 0 aliphatic carbocycles. The van der Waals surface area contributed by atoms with Gasteiger partial charge in [-0.1, -0.05) is 11.6 Å². The second-order valence-electron chi connectivity index (χ2n) is 3.53. The van der Waals surface area contributed by atoms with E-state index in [1.165, 1.54) is 12.7 Å². The predicted octanol–water partition coefficient (Wildman–Crippen LogP) is 1.18. The molecule has 7 heteroatoms. The Labute approximate surface area is 109 Å². The third-order valence-electron chi connectivity index (χ3n) is 2.28. The summed E-state index contributed by atoms with van der Waals surface area (Å²) in [5.74, 6) is 0.432. The van der Waals surface area contributed by atoms with Crippen LogP contribution in [0.1, 0.15) is 0 Å². The van der Waals surface area contributed by atoms with E-state index < -0.39 is 0 Å². The normalized spacial score (nSPS) is 10.3. The number of anilines is 2. The number of benzene rings is 1. The molecule has 1 aromatic heterocycles. The standard InChI is InChI=1S/C11H12ClN5O/c12-8-3-7(15-1-2-18)4-9(13)10(8)11-16-5-14-6-17-11/h3-6,15,18H,1-2,13H2. The van der Waals surface area contributed by atoms with Crippen molar-refractivity contribution in [3.63, 3.8) is 0 Å². The van der Waals surface area contributed by atoms with Crippen LogP contribution < -0.4 is 11.1 Å². The molecule has 0 unspecified atom stereocenters. The van der Waals surface area contributed by atoms with Crippen molar-refractivity contribution < 1.29 is 5.11 Å². The Morgan fingerprint density at radius 3 is 2.61 bits per heavy atom. The molecule has 0 aliphatic rings. The number of rotatable bonds is 4. The van der Waals surface area contributed by atoms with Gasteiger partial charge in [-0.15, -0.1) is 0 Å². The van der Waals surface area contributed by atoms with Gasteiger partial charge in [-0.25, -0.2) is 15.0 Å². The van der Waals surface area contributed by atoms with Crippen LogP contribution in [0.3, 0.4) is 0 Å². The van der Waals surface area contributed by atoms with Crippen LogP contribution in [0.4, 0.5) is 11.4 Å². The molecule has 1 heterocycles. The van der Waals surface area contributed by atoms with Crippen LogP contribution in [0, 0.1) is 0 Å². The molecule has 4 N–H and O–H groups in total. The van der Waals surface area contributed by atoms with Crippen LogP contribution in [0.5, 0.6) is 0 Å². The molecule has 0 atom stereocenters. The summed E-state index contributed by atoms with van der Waals surface area (Å²) in [5, 5.41) is 12.2. The van der Waals surface area contributed by atoms with Gasteiger partial charge in [0.15, 0.2) is 5.82 Å². The summed E-state index contributed by atoms with van der Waals surface area (Å²) in [6.07, 6.45) is 2.77. The molecule has 0 aliphatic heterocycles. The first kappa shape index (κ1) is 12.5. The van der Waals surface area contributed by atoms with Crippen LogP contribution in [0.15, 0.2) is 24.8 Å². The van der Waals surface area contributed by atoms with Crippen molar-refractivity contribution in [1.29, 1.82) is 0 Å². The maximum Gasteiger partial charge on any atom is 0.166 e. The molecule has 0 radical (unpaired) electrons. The lowest BCUT2D eigenvalue weighted by Crippen LogP contribution is -2.06. The van der Waals surface area contributed by atoms with Crippen LogP contribution >= 0.6 is 11.6 Å². The molecule has 18 heavy (non-hydrogen) atoms. The fourth-order valence-electron chi connectivity index (χ4n) is 1.53. The van der Waals surface area contributed by atoms with Crippen LogP contribution in [0.2, 0.25) is 5.02 Å². The number of aromatic nitrogens is 3. The quantitative estimate of drug-likeness (QED) is 0.718. The highest BCUT2D eigenvalue weighted by molar-refractivity contribution is 6.34. The van der Waals surface area contributed by atoms with Crippen LogP contribution in [0.25, 0.3) is 11.4 Å². The molecule has 2 rings (SSSR count). The van der Waals surface area contributed by atoms with E-state index in [0.29, 0.717) is 28.6 Å². The lowest BCUT2D eigenvalue weighted by atomic mass is 10.1. The van der Waals surface area contributed by atoms with Gasteiger partial charge in [-0.2, -0.15) is 0 Å². The zero-order valence-corrected chi connectivity index (χ0v) is 10.2. The summed E-state index contributed by atoms with van der Waals surface area (Å²) in [6.45, 7) is 0.466. The number of hydrogen-bond acceptors (Lipinski definition) is 6. The molecule has 0 spiro atoms. The molecule has 2 aromatic rings. The highest BCUT2D eigenvalue weighted by Gasteiger charge is 2.12. The molecule has 0 amide bonds. The molecular formula is C11H12ClN5O. The number of halogens is 1. The number of nitrogen functional groups attached to an aromatic ring is 1. The van der Waals surface area contributed by atoms with E-state index in [2.05, 4.69) is 20.3 Å². The zero-order chi connectivity index (χ0) is 13.0. The molecule has 0 bridgehead atoms. The zero-order valence-electron chi connectivity index (χ0n) is 9.47. The van der Waals surface area contributed by atoms with Gasteiger partial charge in [0.25, 0.3) is 0 Å². The Kier molecular flexibility index (Phi) is 3.91. The molecule has 1 aromatic carbocycles. The topological polar surface area (TPSA) is 97.0 Å². The number of nitrogens with two attached hydrogens (primary N) is 1. The molecule has 94 valence electrons. The van der Waals surface area contributed by atoms with Crippen molar-refractivity contribution in [2.75, 3.05) is 24.2 Å². The number of aliphatic hydroxyl groups is 1. The number of hydrogen-bond donors (Lipinski definition) is 3. The van der Waals surface area contributed by atoms with Crippen molar-refractivity contribution in [2.24, 2.45) is 0 Å². The van der Waals surface area contributed by atoms with Gasteiger partial charge >= 0.3 is 0 Å². The smallest absolute Gasteiger partial charge is 0.166 e. The summed E-state index contributed by atoms with van der Waals surface area (Å²) in [6, 6.07) is 3.44. The maximum atomic E-state index is 8.75. The summed E-state index contributed by atoms with van der Waals surface area (Å²) in [7, 11) is 0. The number of nitrogens with zero attached hydrogens (tertiary/aromatic N) is 3. The van der Waals surface area contributed by atoms with Crippen molar-refractivity contribution in [3.05, 3.63) is 29.8 Å². The van der Waals surface area contributed by atoms with Gasteiger partial charge < -0.3 is 16.2 Å². The second-order valence-corrected chi connectivity index (χ2v) is 3.94. The fourth-order valence-corrected chi connectivity index (χ4v) is 1.85. The SMILES string of the molecule is Nc1cc(NCCO)cc(Cl)c1-c1ncncn1. The van der Waals surface area contributed by atoms with Crippen molar-refractivity contribution in [3.8, 4) is 11.4 Å². The minimum absolute atomic E-state index is 0.0345. The molecule has 6 nitrogen and oxygen atoms in total. The summed E-state index contributed by atoms with van der Waals surface area (Å²) in [4.78, 5) is 11.8. The van der Waals surface area contributed by atoms with E-state index in [0.717, 1.165) is 5.69 Å². The monoisotopic (exact) mass is 265 g/mol.